The Kier molecular flexibility index (Phi) is 2.76. The summed E-state index contributed by atoms with van der Waals surface area (Å²) in [6.45, 7) is 0. The summed E-state index contributed by atoms with van der Waals surface area (Å²) in [5.41, 5.74) is 2.46. The van der Waals surface area contributed by atoms with Crippen LogP contribution in [0.15, 0.2) is 36.4 Å². The second-order valence-corrected chi connectivity index (χ2v) is 5.16. The molecule has 0 aliphatic carbocycles. The van der Waals surface area contributed by atoms with Gasteiger partial charge >= 0.3 is 0 Å². The molecule has 0 aliphatic heterocycles. The fourth-order valence-corrected chi connectivity index (χ4v) is 2.85. The summed E-state index contributed by atoms with van der Waals surface area (Å²) in [6.07, 6.45) is 0. The number of hydrogen-bond donors (Lipinski definition) is 3. The van der Waals surface area contributed by atoms with Gasteiger partial charge in [-0.05, 0) is 36.4 Å². The Bertz CT molecular complexity index is 735. The summed E-state index contributed by atoms with van der Waals surface area (Å²) in [7, 11) is 1.87. The topological polar surface area (TPSA) is 65.4 Å². The number of aromatic hydroxyl groups is 2. The fourth-order valence-electron chi connectivity index (χ4n) is 1.87. The van der Waals surface area contributed by atoms with Crippen LogP contribution in [-0.2, 0) is 0 Å². The van der Waals surface area contributed by atoms with Crippen molar-refractivity contribution < 1.29 is 10.2 Å². The molecule has 2 aromatic carbocycles. The zero-order valence-electron chi connectivity index (χ0n) is 10.2. The number of fused-ring (bicyclic) bond motifs is 1. The van der Waals surface area contributed by atoms with Gasteiger partial charge in [-0.15, -0.1) is 11.3 Å². The molecule has 0 saturated heterocycles. The SMILES string of the molecule is CNc1ccc(-c2nc3c(O)c(O)ccc3s2)cc1. The predicted octanol–water partition coefficient (Wildman–Crippen LogP) is 3.42. The summed E-state index contributed by atoms with van der Waals surface area (Å²) in [6, 6.07) is 11.1. The molecule has 0 amide bonds. The first-order valence-electron chi connectivity index (χ1n) is 5.78. The van der Waals surface area contributed by atoms with E-state index in [-0.39, 0.29) is 11.5 Å². The number of benzene rings is 2. The molecular formula is C14H12N2O2S. The highest BCUT2D eigenvalue weighted by atomic mass is 32.1. The standard InChI is InChI=1S/C14H12N2O2S/c1-15-9-4-2-8(3-5-9)14-16-12-11(19-14)7-6-10(17)13(12)18/h2-7,15,17-18H,1H3. The fraction of sp³-hybridized carbons (Fsp3) is 0.0714. The molecule has 0 bridgehead atoms. The second-order valence-electron chi connectivity index (χ2n) is 4.13. The molecule has 1 aromatic heterocycles. The highest BCUT2D eigenvalue weighted by Gasteiger charge is 2.12. The Balaban J connectivity index is 2.12. The Labute approximate surface area is 114 Å². The minimum absolute atomic E-state index is 0.144. The van der Waals surface area contributed by atoms with Crippen molar-refractivity contribution >= 4 is 27.2 Å². The van der Waals surface area contributed by atoms with E-state index in [4.69, 9.17) is 0 Å². The van der Waals surface area contributed by atoms with E-state index in [9.17, 15) is 10.2 Å². The highest BCUT2D eigenvalue weighted by Crippen LogP contribution is 2.38. The van der Waals surface area contributed by atoms with E-state index in [0.717, 1.165) is 21.0 Å². The molecule has 19 heavy (non-hydrogen) atoms. The maximum Gasteiger partial charge on any atom is 0.185 e. The van der Waals surface area contributed by atoms with Crippen molar-refractivity contribution in [3.8, 4) is 22.1 Å². The van der Waals surface area contributed by atoms with Crippen LogP contribution in [0.2, 0.25) is 0 Å². The van der Waals surface area contributed by atoms with Crippen molar-refractivity contribution in [3.63, 3.8) is 0 Å². The molecule has 0 fully saturated rings. The monoisotopic (exact) mass is 272 g/mol. The van der Waals surface area contributed by atoms with Gasteiger partial charge in [0, 0.05) is 18.3 Å². The number of phenolic OH excluding ortho intramolecular Hbond substituents is 2. The summed E-state index contributed by atoms with van der Waals surface area (Å²) in [5.74, 6) is -0.304. The molecule has 0 atom stereocenters. The number of nitrogens with one attached hydrogen (secondary N) is 1. The minimum atomic E-state index is -0.160. The van der Waals surface area contributed by atoms with Crippen LogP contribution in [0.5, 0.6) is 11.5 Å². The molecule has 0 saturated carbocycles. The molecule has 1 heterocycles. The molecule has 3 rings (SSSR count). The van der Waals surface area contributed by atoms with Gasteiger partial charge < -0.3 is 15.5 Å². The number of phenols is 2. The number of thiazole rings is 1. The average molecular weight is 272 g/mol. The molecule has 3 N–H and O–H groups in total. The van der Waals surface area contributed by atoms with Crippen LogP contribution in [0, 0.1) is 0 Å². The van der Waals surface area contributed by atoms with E-state index >= 15 is 0 Å². The molecule has 0 radical (unpaired) electrons. The van der Waals surface area contributed by atoms with Gasteiger partial charge in [0.15, 0.2) is 11.5 Å². The normalized spacial score (nSPS) is 10.8. The van der Waals surface area contributed by atoms with E-state index in [1.165, 1.54) is 17.4 Å². The van der Waals surface area contributed by atoms with E-state index in [1.54, 1.807) is 6.07 Å². The van der Waals surface area contributed by atoms with Crippen LogP contribution in [0.4, 0.5) is 5.69 Å². The number of rotatable bonds is 2. The minimum Gasteiger partial charge on any atom is -0.504 e. The number of nitrogens with zero attached hydrogens (tertiary/aromatic N) is 1. The largest absolute Gasteiger partial charge is 0.504 e. The predicted molar refractivity (Wildman–Crippen MR) is 77.9 cm³/mol. The van der Waals surface area contributed by atoms with E-state index in [1.807, 2.05) is 31.3 Å². The lowest BCUT2D eigenvalue weighted by Gasteiger charge is -2.00. The second kappa shape index (κ2) is 4.44. The Morgan fingerprint density at radius 1 is 1.05 bits per heavy atom. The van der Waals surface area contributed by atoms with Gasteiger partial charge in [-0.3, -0.25) is 0 Å². The van der Waals surface area contributed by atoms with Gasteiger partial charge in [0.25, 0.3) is 0 Å². The van der Waals surface area contributed by atoms with E-state index in [2.05, 4.69) is 10.3 Å². The molecule has 0 unspecified atom stereocenters. The molecule has 4 nitrogen and oxygen atoms in total. The smallest absolute Gasteiger partial charge is 0.185 e. The summed E-state index contributed by atoms with van der Waals surface area (Å²) >= 11 is 1.48. The Morgan fingerprint density at radius 2 is 1.79 bits per heavy atom. The Hall–Kier alpha value is -2.27. The van der Waals surface area contributed by atoms with Crippen LogP contribution in [0.3, 0.4) is 0 Å². The maximum absolute atomic E-state index is 9.78. The van der Waals surface area contributed by atoms with Crippen LogP contribution >= 0.6 is 11.3 Å². The summed E-state index contributed by atoms with van der Waals surface area (Å²) in [4.78, 5) is 4.39. The Morgan fingerprint density at radius 3 is 2.47 bits per heavy atom. The third-order valence-electron chi connectivity index (χ3n) is 2.93. The summed E-state index contributed by atoms with van der Waals surface area (Å²) < 4.78 is 0.850. The van der Waals surface area contributed by atoms with Crippen molar-refractivity contribution in [3.05, 3.63) is 36.4 Å². The quantitative estimate of drug-likeness (QED) is 0.625. The number of aromatic nitrogens is 1. The molecule has 0 aliphatic rings. The average Bonchev–Trinajstić information content (AvgIpc) is 2.88. The zero-order chi connectivity index (χ0) is 13.4. The van der Waals surface area contributed by atoms with E-state index in [0.29, 0.717) is 5.52 Å². The lowest BCUT2D eigenvalue weighted by Crippen LogP contribution is -1.86. The molecule has 0 spiro atoms. The first-order chi connectivity index (χ1) is 9.19. The van der Waals surface area contributed by atoms with Gasteiger partial charge in [0.05, 0.1) is 4.70 Å². The van der Waals surface area contributed by atoms with Crippen LogP contribution < -0.4 is 5.32 Å². The lowest BCUT2D eigenvalue weighted by molar-refractivity contribution is 0.407. The van der Waals surface area contributed by atoms with Crippen molar-refractivity contribution in [2.45, 2.75) is 0 Å². The lowest BCUT2D eigenvalue weighted by atomic mass is 10.2. The molecule has 5 heteroatoms. The number of anilines is 1. The highest BCUT2D eigenvalue weighted by molar-refractivity contribution is 7.21. The molecular weight excluding hydrogens is 260 g/mol. The third-order valence-corrected chi connectivity index (χ3v) is 4.00. The van der Waals surface area contributed by atoms with Gasteiger partial charge in [-0.25, -0.2) is 4.98 Å². The van der Waals surface area contributed by atoms with Crippen molar-refractivity contribution in [1.29, 1.82) is 0 Å². The van der Waals surface area contributed by atoms with Crippen LogP contribution in [-0.4, -0.2) is 22.2 Å². The first kappa shape index (κ1) is 11.8. The number of hydrogen-bond acceptors (Lipinski definition) is 5. The van der Waals surface area contributed by atoms with Crippen molar-refractivity contribution in [2.75, 3.05) is 12.4 Å². The van der Waals surface area contributed by atoms with Gasteiger partial charge in [0.2, 0.25) is 0 Å². The van der Waals surface area contributed by atoms with Gasteiger partial charge in [-0.1, -0.05) is 0 Å². The first-order valence-corrected chi connectivity index (χ1v) is 6.60. The van der Waals surface area contributed by atoms with Crippen molar-refractivity contribution in [2.24, 2.45) is 0 Å². The van der Waals surface area contributed by atoms with Gasteiger partial charge in [0.1, 0.15) is 10.5 Å². The van der Waals surface area contributed by atoms with E-state index < -0.39 is 0 Å². The molecule has 96 valence electrons. The zero-order valence-corrected chi connectivity index (χ0v) is 11.0. The third kappa shape index (κ3) is 1.98. The maximum atomic E-state index is 9.78. The van der Waals surface area contributed by atoms with Gasteiger partial charge in [-0.2, -0.15) is 0 Å². The van der Waals surface area contributed by atoms with Crippen LogP contribution in [0.25, 0.3) is 20.8 Å². The van der Waals surface area contributed by atoms with Crippen molar-refractivity contribution in [1.82, 2.24) is 4.98 Å². The molecule has 3 aromatic rings. The van der Waals surface area contributed by atoms with Crippen LogP contribution in [0.1, 0.15) is 0 Å². The summed E-state index contributed by atoms with van der Waals surface area (Å²) in [5, 5.41) is 23.1.